The molecular weight excluding hydrogens is 452 g/mol. The molecule has 0 saturated carbocycles. The van der Waals surface area contributed by atoms with Crippen molar-refractivity contribution in [2.45, 2.75) is 25.1 Å². The molecule has 1 aliphatic rings. The Morgan fingerprint density at radius 2 is 1.84 bits per heavy atom. The van der Waals surface area contributed by atoms with Crippen LogP contribution in [-0.4, -0.2) is 49.5 Å². The Morgan fingerprint density at radius 1 is 1.16 bits per heavy atom. The lowest BCUT2D eigenvalue weighted by atomic mass is 9.98. The number of anilines is 1. The Morgan fingerprint density at radius 3 is 2.50 bits per heavy atom. The van der Waals surface area contributed by atoms with E-state index in [4.69, 9.17) is 21.1 Å². The van der Waals surface area contributed by atoms with Crippen LogP contribution in [0.2, 0.25) is 5.02 Å². The summed E-state index contributed by atoms with van der Waals surface area (Å²) in [6.07, 6.45) is -6.69. The summed E-state index contributed by atoms with van der Waals surface area (Å²) in [5.74, 6) is 0.129. The van der Waals surface area contributed by atoms with Gasteiger partial charge in [-0.05, 0) is 67.9 Å². The number of alkyl halides is 3. The van der Waals surface area contributed by atoms with Crippen molar-refractivity contribution in [3.05, 3.63) is 59.4 Å². The van der Waals surface area contributed by atoms with Crippen LogP contribution in [0.4, 0.5) is 28.0 Å². The highest BCUT2D eigenvalue weighted by Gasteiger charge is 2.44. The molecule has 0 spiro atoms. The predicted octanol–water partition coefficient (Wildman–Crippen LogP) is 5.75. The van der Waals surface area contributed by atoms with E-state index in [9.17, 15) is 22.4 Å². The Balaban J connectivity index is 1.53. The first-order valence-corrected chi connectivity index (χ1v) is 10.5. The molecule has 10 heteroatoms. The minimum absolute atomic E-state index is 0.00517. The molecule has 1 saturated heterocycles. The summed E-state index contributed by atoms with van der Waals surface area (Å²) in [4.78, 5) is 13.6. The zero-order valence-corrected chi connectivity index (χ0v) is 17.8. The van der Waals surface area contributed by atoms with Crippen molar-refractivity contribution in [3.63, 3.8) is 0 Å². The summed E-state index contributed by atoms with van der Waals surface area (Å²) in [6.45, 7) is 0.666. The predicted molar refractivity (Wildman–Crippen MR) is 112 cm³/mol. The average Bonchev–Trinajstić information content (AvgIpc) is 2.74. The van der Waals surface area contributed by atoms with Gasteiger partial charge in [-0.15, -0.1) is 0 Å². The van der Waals surface area contributed by atoms with Crippen LogP contribution in [0.25, 0.3) is 0 Å². The second-order valence-electron chi connectivity index (χ2n) is 7.60. The third kappa shape index (κ3) is 7.56. The quantitative estimate of drug-likeness (QED) is 0.519. The Bertz CT molecular complexity index is 878. The number of hydrogen-bond donors (Lipinski definition) is 1. The van der Waals surface area contributed by atoms with Crippen molar-refractivity contribution >= 4 is 23.4 Å². The average molecular weight is 475 g/mol. The summed E-state index contributed by atoms with van der Waals surface area (Å²) in [5, 5.41) is 2.71. The van der Waals surface area contributed by atoms with E-state index in [1.54, 1.807) is 4.90 Å². The third-order valence-electron chi connectivity index (χ3n) is 5.03. The molecule has 1 unspecified atom stereocenters. The number of halogens is 5. The number of nitrogens with zero attached hydrogens (tertiary/aromatic N) is 1. The van der Waals surface area contributed by atoms with E-state index in [-0.39, 0.29) is 17.4 Å². The van der Waals surface area contributed by atoms with Crippen molar-refractivity contribution in [1.29, 1.82) is 0 Å². The first kappa shape index (κ1) is 24.1. The third-order valence-corrected chi connectivity index (χ3v) is 5.28. The van der Waals surface area contributed by atoms with Gasteiger partial charge in [0.25, 0.3) is 0 Å². The fraction of sp³-hybridized carbons (Fsp3) is 0.409. The van der Waals surface area contributed by atoms with Crippen LogP contribution in [0.3, 0.4) is 0 Å². The first-order valence-electron chi connectivity index (χ1n) is 10.1. The number of carbonyl (C=O) groups excluding carboxylic acids is 1. The summed E-state index contributed by atoms with van der Waals surface area (Å²) in [7, 11) is 0. The molecule has 1 aliphatic heterocycles. The number of amides is 1. The molecule has 174 valence electrons. The highest BCUT2D eigenvalue weighted by Crippen LogP contribution is 2.27. The van der Waals surface area contributed by atoms with Gasteiger partial charge in [0.15, 0.2) is 0 Å². The van der Waals surface area contributed by atoms with Crippen molar-refractivity contribution < 1.29 is 31.8 Å². The zero-order valence-electron chi connectivity index (χ0n) is 17.1. The first-order chi connectivity index (χ1) is 15.2. The number of hydrogen-bond acceptors (Lipinski definition) is 4. The molecule has 1 amide bonds. The zero-order chi connectivity index (χ0) is 23.1. The monoisotopic (exact) mass is 474 g/mol. The number of ether oxygens (including phenoxy) is 2. The Hall–Kier alpha value is -2.52. The topological polar surface area (TPSA) is 50.8 Å². The normalized spacial score (nSPS) is 18.1. The van der Waals surface area contributed by atoms with E-state index in [2.05, 4.69) is 5.32 Å². The van der Waals surface area contributed by atoms with Gasteiger partial charge in [-0.2, -0.15) is 13.2 Å². The minimum atomic E-state index is -4.71. The van der Waals surface area contributed by atoms with Crippen molar-refractivity contribution in [3.8, 4) is 5.75 Å². The molecule has 32 heavy (non-hydrogen) atoms. The summed E-state index contributed by atoms with van der Waals surface area (Å²) < 4.78 is 63.9. The van der Waals surface area contributed by atoms with Crippen molar-refractivity contribution in [2.24, 2.45) is 5.92 Å². The molecule has 2 aromatic carbocycles. The van der Waals surface area contributed by atoms with Crippen LogP contribution in [0.5, 0.6) is 5.75 Å². The van der Waals surface area contributed by atoms with E-state index in [1.165, 1.54) is 48.5 Å². The molecule has 3 rings (SSSR count). The van der Waals surface area contributed by atoms with Gasteiger partial charge in [0.2, 0.25) is 6.10 Å². The summed E-state index contributed by atoms with van der Waals surface area (Å²) >= 11 is 5.75. The molecule has 1 N–H and O–H groups in total. The molecule has 0 bridgehead atoms. The van der Waals surface area contributed by atoms with Gasteiger partial charge >= 0.3 is 12.3 Å². The molecule has 1 fully saturated rings. The van der Waals surface area contributed by atoms with Crippen molar-refractivity contribution in [1.82, 2.24) is 4.90 Å². The molecule has 0 radical (unpaired) electrons. The maximum absolute atomic E-state index is 13.5. The molecule has 2 atom stereocenters. The molecule has 1 heterocycles. The molecule has 5 nitrogen and oxygen atoms in total. The van der Waals surface area contributed by atoms with Crippen LogP contribution in [-0.2, 0) is 4.74 Å². The molecular formula is C22H23ClF4N2O3. The van der Waals surface area contributed by atoms with Gasteiger partial charge in [-0.25, -0.2) is 9.18 Å². The van der Waals surface area contributed by atoms with E-state index >= 15 is 0 Å². The second-order valence-corrected chi connectivity index (χ2v) is 8.04. The largest absolute Gasteiger partial charge is 0.493 e. The number of nitrogens with one attached hydrogen (secondary N) is 1. The number of rotatable bonds is 7. The summed E-state index contributed by atoms with van der Waals surface area (Å²) in [6, 6.07) is 11.5. The van der Waals surface area contributed by atoms with Crippen LogP contribution < -0.4 is 10.1 Å². The standard InChI is InChI=1S/C22H23ClF4N2O3/c23-16-3-7-18(8-4-16)28-21(30)32-20(22(25,26)27)13-29-11-1-2-15(12-29)14-31-19-9-5-17(24)6-10-19/h3-10,15,20H,1-2,11-14H2,(H,28,30)/t15-,20?/m0/s1. The smallest absolute Gasteiger partial charge is 0.426 e. The van der Waals surface area contributed by atoms with E-state index < -0.39 is 24.9 Å². The fourth-order valence-corrected chi connectivity index (χ4v) is 3.58. The SMILES string of the molecule is O=C(Nc1ccc(Cl)cc1)OC(CN1CCC[C@H](COc2ccc(F)cc2)C1)C(F)(F)F. The van der Waals surface area contributed by atoms with Gasteiger partial charge < -0.3 is 9.47 Å². The lowest BCUT2D eigenvalue weighted by Crippen LogP contribution is -2.48. The highest BCUT2D eigenvalue weighted by molar-refractivity contribution is 6.30. The lowest BCUT2D eigenvalue weighted by molar-refractivity contribution is -0.207. The van der Waals surface area contributed by atoms with Gasteiger partial charge in [-0.3, -0.25) is 10.2 Å². The maximum Gasteiger partial charge on any atom is 0.426 e. The van der Waals surface area contributed by atoms with Gasteiger partial charge in [0.1, 0.15) is 11.6 Å². The van der Waals surface area contributed by atoms with Crippen molar-refractivity contribution in [2.75, 3.05) is 31.6 Å². The number of piperidine rings is 1. The summed E-state index contributed by atoms with van der Waals surface area (Å²) in [5.41, 5.74) is 0.274. The lowest BCUT2D eigenvalue weighted by Gasteiger charge is -2.35. The number of carbonyl (C=O) groups is 1. The number of likely N-dealkylation sites (tertiary alicyclic amines) is 1. The van der Waals surface area contributed by atoms with E-state index in [0.717, 1.165) is 6.42 Å². The highest BCUT2D eigenvalue weighted by atomic mass is 35.5. The minimum Gasteiger partial charge on any atom is -0.493 e. The Kier molecular flexibility index (Phi) is 8.20. The molecule has 2 aromatic rings. The van der Waals surface area contributed by atoms with Crippen LogP contribution in [0.1, 0.15) is 12.8 Å². The van der Waals surface area contributed by atoms with Gasteiger partial charge in [-0.1, -0.05) is 11.6 Å². The van der Waals surface area contributed by atoms with Crippen LogP contribution in [0, 0.1) is 11.7 Å². The fourth-order valence-electron chi connectivity index (χ4n) is 3.45. The van der Waals surface area contributed by atoms with E-state index in [0.29, 0.717) is 36.9 Å². The molecule has 0 aromatic heterocycles. The number of benzene rings is 2. The molecule has 0 aliphatic carbocycles. The van der Waals surface area contributed by atoms with Crippen LogP contribution in [0.15, 0.2) is 48.5 Å². The Labute approximate surface area is 188 Å². The maximum atomic E-state index is 13.5. The van der Waals surface area contributed by atoms with E-state index in [1.807, 2.05) is 0 Å². The van der Waals surface area contributed by atoms with Gasteiger partial charge in [0.05, 0.1) is 6.61 Å². The van der Waals surface area contributed by atoms with Crippen LogP contribution >= 0.6 is 11.6 Å². The second kappa shape index (κ2) is 10.9. The van der Waals surface area contributed by atoms with Gasteiger partial charge in [0, 0.05) is 29.7 Å².